The van der Waals surface area contributed by atoms with Crippen molar-refractivity contribution in [3.8, 4) is 0 Å². The number of benzene rings is 1. The molecule has 1 fully saturated rings. The highest BCUT2D eigenvalue weighted by Crippen LogP contribution is 2.37. The SMILES string of the molecule is CCOC(=O)C1=C(CN2CCN(C(=O)OC(C)(C)C)CC2)NC(c2nncs2)=NC1c1ccc(F)cc1Br. The van der Waals surface area contributed by atoms with E-state index in [9.17, 15) is 14.0 Å². The topological polar surface area (TPSA) is 109 Å². The molecule has 0 saturated carbocycles. The Balaban J connectivity index is 1.64. The van der Waals surface area contributed by atoms with Crippen molar-refractivity contribution >= 4 is 45.2 Å². The Morgan fingerprint density at radius 3 is 2.58 bits per heavy atom. The van der Waals surface area contributed by atoms with Gasteiger partial charge >= 0.3 is 12.1 Å². The van der Waals surface area contributed by atoms with Crippen LogP contribution in [0.1, 0.15) is 44.3 Å². The van der Waals surface area contributed by atoms with Crippen LogP contribution in [0.25, 0.3) is 0 Å². The largest absolute Gasteiger partial charge is 0.463 e. The average molecular weight is 610 g/mol. The molecular weight excluding hydrogens is 579 g/mol. The number of ether oxygens (including phenoxy) is 2. The number of nitrogens with one attached hydrogen (secondary N) is 1. The molecule has 10 nitrogen and oxygen atoms in total. The molecule has 13 heteroatoms. The molecule has 0 aliphatic carbocycles. The molecule has 1 amide bonds. The highest BCUT2D eigenvalue weighted by atomic mass is 79.9. The maximum absolute atomic E-state index is 13.9. The van der Waals surface area contributed by atoms with Crippen molar-refractivity contribution in [1.29, 1.82) is 0 Å². The van der Waals surface area contributed by atoms with Crippen molar-refractivity contribution in [2.75, 3.05) is 39.3 Å². The quantitative estimate of drug-likeness (QED) is 0.492. The molecular formula is C25H30BrFN6O4S. The number of esters is 1. The Morgan fingerprint density at radius 1 is 1.24 bits per heavy atom. The predicted octanol–water partition coefficient (Wildman–Crippen LogP) is 3.90. The first-order valence-electron chi connectivity index (χ1n) is 12.2. The Labute approximate surface area is 233 Å². The first-order valence-corrected chi connectivity index (χ1v) is 13.9. The van der Waals surface area contributed by atoms with Crippen molar-refractivity contribution < 1.29 is 23.5 Å². The van der Waals surface area contributed by atoms with Crippen LogP contribution in [0, 0.1) is 5.82 Å². The van der Waals surface area contributed by atoms with Gasteiger partial charge in [0, 0.05) is 42.9 Å². The minimum absolute atomic E-state index is 0.189. The summed E-state index contributed by atoms with van der Waals surface area (Å²) in [6.07, 6.45) is -0.341. The molecule has 1 aromatic carbocycles. The number of carbonyl (C=O) groups is 2. The van der Waals surface area contributed by atoms with E-state index < -0.39 is 23.4 Å². The van der Waals surface area contributed by atoms with E-state index in [1.807, 2.05) is 20.8 Å². The van der Waals surface area contributed by atoms with Crippen LogP contribution in [-0.2, 0) is 14.3 Å². The summed E-state index contributed by atoms with van der Waals surface area (Å²) in [5.41, 5.74) is 2.59. The van der Waals surface area contributed by atoms with Gasteiger partial charge in [-0.15, -0.1) is 10.2 Å². The van der Waals surface area contributed by atoms with Crippen LogP contribution in [0.4, 0.5) is 9.18 Å². The first-order chi connectivity index (χ1) is 18.1. The molecule has 1 unspecified atom stereocenters. The number of amidine groups is 1. The maximum atomic E-state index is 13.9. The maximum Gasteiger partial charge on any atom is 0.410 e. The molecule has 2 aliphatic rings. The van der Waals surface area contributed by atoms with Crippen LogP contribution >= 0.6 is 27.3 Å². The third-order valence-corrected chi connectivity index (χ3v) is 7.23. The summed E-state index contributed by atoms with van der Waals surface area (Å²) >= 11 is 4.75. The lowest BCUT2D eigenvalue weighted by Gasteiger charge is -2.37. The van der Waals surface area contributed by atoms with Crippen LogP contribution in [0.5, 0.6) is 0 Å². The Bertz CT molecular complexity index is 1240. The summed E-state index contributed by atoms with van der Waals surface area (Å²) in [7, 11) is 0. The van der Waals surface area contributed by atoms with E-state index in [0.717, 1.165) is 0 Å². The normalized spacial score (nSPS) is 18.6. The van der Waals surface area contributed by atoms with E-state index in [0.29, 0.717) is 64.9 Å². The van der Waals surface area contributed by atoms with Crippen molar-refractivity contribution in [1.82, 2.24) is 25.3 Å². The summed E-state index contributed by atoms with van der Waals surface area (Å²) in [4.78, 5) is 34.4. The standard InChI is InChI=1S/C25H30BrFN6O4S/c1-5-36-23(34)19-18(13-32-8-10-33(11-9-32)24(35)37-25(2,3)4)29-21(22-31-28-14-38-22)30-20(19)16-7-6-15(27)12-17(16)26/h6-7,12,14,20H,5,8-11,13H2,1-4H3,(H,29,30). The number of amides is 1. The second kappa shape index (κ2) is 11.9. The average Bonchev–Trinajstić information content (AvgIpc) is 3.38. The second-order valence-electron chi connectivity index (χ2n) is 9.77. The summed E-state index contributed by atoms with van der Waals surface area (Å²) in [6, 6.07) is 3.52. The summed E-state index contributed by atoms with van der Waals surface area (Å²) in [5, 5.41) is 11.9. The van der Waals surface area contributed by atoms with E-state index >= 15 is 0 Å². The molecule has 1 saturated heterocycles. The van der Waals surface area contributed by atoms with Crippen molar-refractivity contribution in [2.45, 2.75) is 39.3 Å². The lowest BCUT2D eigenvalue weighted by atomic mass is 9.95. The van der Waals surface area contributed by atoms with Gasteiger partial charge in [-0.2, -0.15) is 0 Å². The van der Waals surface area contributed by atoms with E-state index in [1.165, 1.54) is 23.5 Å². The van der Waals surface area contributed by atoms with Crippen LogP contribution < -0.4 is 5.32 Å². The lowest BCUT2D eigenvalue weighted by Crippen LogP contribution is -2.51. The number of nitrogens with zero attached hydrogens (tertiary/aromatic N) is 5. The summed E-state index contributed by atoms with van der Waals surface area (Å²) in [5.74, 6) is -0.458. The number of hydrogen-bond acceptors (Lipinski definition) is 10. The third-order valence-electron chi connectivity index (χ3n) is 5.85. The molecule has 1 atom stereocenters. The Hall–Kier alpha value is -2.90. The van der Waals surface area contributed by atoms with E-state index in [1.54, 1.807) is 23.4 Å². The smallest absolute Gasteiger partial charge is 0.410 e. The molecule has 4 rings (SSSR count). The molecule has 0 bridgehead atoms. The zero-order valence-corrected chi connectivity index (χ0v) is 24.1. The zero-order chi connectivity index (χ0) is 27.4. The van der Waals surface area contributed by atoms with E-state index in [-0.39, 0.29) is 12.7 Å². The van der Waals surface area contributed by atoms with E-state index in [4.69, 9.17) is 14.5 Å². The summed E-state index contributed by atoms with van der Waals surface area (Å²) in [6.45, 7) is 9.96. The number of halogens is 2. The molecule has 0 spiro atoms. The van der Waals surface area contributed by atoms with Gasteiger partial charge in [-0.1, -0.05) is 33.3 Å². The minimum Gasteiger partial charge on any atom is -0.463 e. The highest BCUT2D eigenvalue weighted by Gasteiger charge is 2.35. The number of aliphatic imine (C=N–C) groups is 1. The Morgan fingerprint density at radius 2 is 1.97 bits per heavy atom. The predicted molar refractivity (Wildman–Crippen MR) is 144 cm³/mol. The molecule has 1 aromatic heterocycles. The fraction of sp³-hybridized carbons (Fsp3) is 0.480. The number of piperazine rings is 1. The van der Waals surface area contributed by atoms with Gasteiger partial charge in [0.1, 0.15) is 23.0 Å². The lowest BCUT2D eigenvalue weighted by molar-refractivity contribution is -0.139. The van der Waals surface area contributed by atoms with Gasteiger partial charge in [-0.05, 0) is 45.4 Å². The second-order valence-corrected chi connectivity index (χ2v) is 11.5. The number of rotatable bonds is 6. The Kier molecular flexibility index (Phi) is 8.78. The molecule has 2 aromatic rings. The van der Waals surface area contributed by atoms with Crippen molar-refractivity contribution in [2.24, 2.45) is 4.99 Å². The van der Waals surface area contributed by atoms with Gasteiger partial charge < -0.3 is 19.7 Å². The summed E-state index contributed by atoms with van der Waals surface area (Å²) < 4.78 is 25.3. The molecule has 3 heterocycles. The number of carbonyl (C=O) groups excluding carboxylic acids is 2. The van der Waals surface area contributed by atoms with Crippen LogP contribution in [-0.4, -0.2) is 82.8 Å². The molecule has 0 radical (unpaired) electrons. The van der Waals surface area contributed by atoms with Gasteiger partial charge in [-0.3, -0.25) is 9.89 Å². The molecule has 1 N–H and O–H groups in total. The fourth-order valence-electron chi connectivity index (χ4n) is 4.14. The zero-order valence-electron chi connectivity index (χ0n) is 21.7. The van der Waals surface area contributed by atoms with E-state index in [2.05, 4.69) is 36.3 Å². The fourth-order valence-corrected chi connectivity index (χ4v) is 5.21. The van der Waals surface area contributed by atoms with Gasteiger partial charge in [0.05, 0.1) is 12.2 Å². The molecule has 38 heavy (non-hydrogen) atoms. The van der Waals surface area contributed by atoms with Crippen LogP contribution in [0.15, 0.2) is 44.4 Å². The van der Waals surface area contributed by atoms with Crippen molar-refractivity contribution in [3.05, 3.63) is 55.8 Å². The first kappa shape index (κ1) is 28.1. The van der Waals surface area contributed by atoms with Gasteiger partial charge in [-0.25, -0.2) is 14.0 Å². The number of hydrogen-bond donors (Lipinski definition) is 1. The minimum atomic E-state index is -0.762. The monoisotopic (exact) mass is 608 g/mol. The van der Waals surface area contributed by atoms with Crippen molar-refractivity contribution in [3.63, 3.8) is 0 Å². The molecule has 2 aliphatic heterocycles. The third kappa shape index (κ3) is 6.75. The molecule has 204 valence electrons. The van der Waals surface area contributed by atoms with Crippen LogP contribution in [0.2, 0.25) is 0 Å². The van der Waals surface area contributed by atoms with Gasteiger partial charge in [0.2, 0.25) is 0 Å². The number of aromatic nitrogens is 2. The van der Waals surface area contributed by atoms with Gasteiger partial charge in [0.25, 0.3) is 0 Å². The van der Waals surface area contributed by atoms with Crippen LogP contribution in [0.3, 0.4) is 0 Å². The van der Waals surface area contributed by atoms with Gasteiger partial charge in [0.15, 0.2) is 10.8 Å². The highest BCUT2D eigenvalue weighted by molar-refractivity contribution is 9.10.